The fraction of sp³-hybridized carbons (Fsp3) is 0.870. The van der Waals surface area contributed by atoms with Crippen molar-refractivity contribution in [3.8, 4) is 0 Å². The van der Waals surface area contributed by atoms with Gasteiger partial charge in [-0.3, -0.25) is 0 Å². The third kappa shape index (κ3) is 19.6. The lowest BCUT2D eigenvalue weighted by atomic mass is 9.87. The highest BCUT2D eigenvalue weighted by Gasteiger charge is 2.93. The second-order valence-electron chi connectivity index (χ2n) is 22.5. The van der Waals surface area contributed by atoms with Crippen molar-refractivity contribution in [2.75, 3.05) is 66.1 Å². The maximum absolute atomic E-state index is 14.6. The van der Waals surface area contributed by atoms with Crippen LogP contribution in [0.4, 0.5) is 171 Å². The molecule has 100 heavy (non-hydrogen) atoms. The predicted octanol–water partition coefficient (Wildman–Crippen LogP) is 20.0. The molecule has 0 saturated carbocycles. The number of carbonyl (C=O) groups excluding carboxylic acids is 1. The molecule has 1 aromatic carbocycles. The molecular weight excluding hydrogens is 1500 g/mol. The zero-order valence-electron chi connectivity index (χ0n) is 50.6. The van der Waals surface area contributed by atoms with Gasteiger partial charge in [0.1, 0.15) is 12.7 Å². The number of rotatable bonds is 36. The van der Waals surface area contributed by atoms with E-state index in [-0.39, 0.29) is 76.2 Å². The Morgan fingerprint density at radius 3 is 0.850 bits per heavy atom. The van der Waals surface area contributed by atoms with E-state index in [0.29, 0.717) is 0 Å². The zero-order valence-corrected chi connectivity index (χ0v) is 50.6. The Kier molecular flexibility index (Phi) is 30.7. The van der Waals surface area contributed by atoms with E-state index in [0.717, 1.165) is 12.1 Å². The predicted molar refractivity (Wildman–Crippen MR) is 262 cm³/mol. The van der Waals surface area contributed by atoms with Crippen molar-refractivity contribution < 1.29 is 204 Å². The minimum Gasteiger partial charge on any atom is -0.459 e. The molecule has 1 aliphatic rings. The number of ether oxygens (including phenoxy) is 6. The van der Waals surface area contributed by atoms with Gasteiger partial charge in [0.2, 0.25) is 0 Å². The molecule has 0 radical (unpaired) electrons. The molecule has 2 rings (SSSR count). The van der Waals surface area contributed by atoms with Gasteiger partial charge in [-0.25, -0.2) is 4.79 Å². The van der Waals surface area contributed by atoms with Crippen LogP contribution in [0.2, 0.25) is 0 Å². The van der Waals surface area contributed by atoms with E-state index in [1.807, 2.05) is 0 Å². The van der Waals surface area contributed by atoms with E-state index in [4.69, 9.17) is 28.4 Å². The quantitative estimate of drug-likeness (QED) is 0.0377. The number of halogens is 39. The fourth-order valence-electron chi connectivity index (χ4n) is 9.14. The number of esters is 1. The summed E-state index contributed by atoms with van der Waals surface area (Å²) in [7, 11) is 0. The molecule has 0 amide bonds. The van der Waals surface area contributed by atoms with Crippen molar-refractivity contribution >= 4 is 5.97 Å². The molecule has 1 saturated heterocycles. The molecule has 7 nitrogen and oxygen atoms in total. The van der Waals surface area contributed by atoms with Gasteiger partial charge in [-0.1, -0.05) is 38.5 Å². The van der Waals surface area contributed by atoms with Crippen LogP contribution in [0.5, 0.6) is 0 Å². The van der Waals surface area contributed by atoms with Crippen LogP contribution in [0.3, 0.4) is 0 Å². The summed E-state index contributed by atoms with van der Waals surface area (Å²) in [4.78, 5) is 13.8. The fourth-order valence-corrected chi connectivity index (χ4v) is 9.14. The van der Waals surface area contributed by atoms with Gasteiger partial charge in [-0.2, -0.15) is 171 Å². The number of benzene rings is 1. The largest absolute Gasteiger partial charge is 0.460 e. The molecule has 1 heterocycles. The summed E-state index contributed by atoms with van der Waals surface area (Å²) in [5, 5.41) is 0. The summed E-state index contributed by atoms with van der Waals surface area (Å²) in [6.45, 7) is -1.24. The maximum atomic E-state index is 14.6. The average Bonchev–Trinajstić information content (AvgIpc) is 0.726. The molecule has 0 aliphatic carbocycles. The first kappa shape index (κ1) is 91.8. The Labute approximate surface area is 539 Å². The maximum Gasteiger partial charge on any atom is 0.460 e. The topological polar surface area (TPSA) is 72.5 Å². The van der Waals surface area contributed by atoms with Crippen LogP contribution < -0.4 is 0 Å². The first-order chi connectivity index (χ1) is 44.9. The van der Waals surface area contributed by atoms with Crippen LogP contribution in [-0.2, 0) is 47.7 Å². The average molecular weight is 1560 g/mol. The summed E-state index contributed by atoms with van der Waals surface area (Å²) in [5.41, 5.74) is -1.18. The monoisotopic (exact) mass is 1560 g/mol. The van der Waals surface area contributed by atoms with Gasteiger partial charge >= 0.3 is 113 Å². The highest BCUT2D eigenvalue weighted by Crippen LogP contribution is 2.64. The van der Waals surface area contributed by atoms with Gasteiger partial charge in [0.15, 0.2) is 0 Å². The van der Waals surface area contributed by atoms with Crippen LogP contribution in [0, 0.1) is 0 Å². The van der Waals surface area contributed by atoms with Crippen molar-refractivity contribution in [3.63, 3.8) is 0 Å². The number of unbranched alkanes of at least 4 members (excludes halogenated alkanes) is 9. The third-order valence-corrected chi connectivity index (χ3v) is 15.1. The van der Waals surface area contributed by atoms with E-state index in [9.17, 15) is 176 Å². The number of aryl methyl sites for hydroxylation is 2. The van der Waals surface area contributed by atoms with Gasteiger partial charge in [-0.05, 0) is 86.6 Å². The Morgan fingerprint density at radius 2 is 0.560 bits per heavy atom. The minimum atomic E-state index is -8.25. The molecule has 0 bridgehead atoms. The smallest absolute Gasteiger partial charge is 0.459 e. The molecule has 0 aromatic heterocycles. The van der Waals surface area contributed by atoms with E-state index in [2.05, 4.69) is 0 Å². The third-order valence-electron chi connectivity index (χ3n) is 15.1. The zero-order chi connectivity index (χ0) is 77.9. The Bertz CT molecular complexity index is 2570. The van der Waals surface area contributed by atoms with E-state index in [1.165, 1.54) is 0 Å². The molecule has 590 valence electrons. The highest BCUT2D eigenvalue weighted by molar-refractivity contribution is 5.90. The SMILES string of the molecule is O=C(OCC1COCCOCCOCCOCCO1)c1cc(CCCCCCC(F)(F)C(F)(F)C(F)(F)C(F)(F)C(F)(F)C(F)(F)F)c(CCCCCCC(F)(F)C(F)(F)C(F)(F)C(F)(F)C(F)(F)C(F)(F)F)c(CCCCCCC(F)(F)C(F)(F)C(F)(F)C(F)(F)C(F)(F)C(F)(F)F)c1. The van der Waals surface area contributed by atoms with Gasteiger partial charge in [-0.15, -0.1) is 0 Å². The molecule has 46 heteroatoms. The van der Waals surface area contributed by atoms with E-state index >= 15 is 0 Å². The number of carbonyl (C=O) groups is 1. The Hall–Kier alpha value is -4.24. The van der Waals surface area contributed by atoms with Crippen LogP contribution in [0.1, 0.15) is 123 Å². The van der Waals surface area contributed by atoms with Crippen LogP contribution in [-0.4, -0.2) is 186 Å². The first-order valence-electron chi connectivity index (χ1n) is 29.0. The Balaban J connectivity index is 2.67. The van der Waals surface area contributed by atoms with Crippen molar-refractivity contribution in [1.29, 1.82) is 0 Å². The standard InChI is InChI=1S/C54H59F39O7/c55-37(56,40(61,62)43(67,68)46(73,74)49(79,80)52(85,86)87)16-10-4-1-7-13-31-27-33(36(94)100-30-34-29-98-24-23-96-20-19-95-21-22-97-25-26-99-34)28-32(14-8-2-5-11-17-38(57,58)41(63,64)44(69,70)47(75,76)50(81,82)53(88,89)90)35(31)15-9-3-6-12-18-39(59,60)42(65,66)45(71,72)48(77,78)51(83,84)54(91,92)93/h27-28,34H,1-26,29-30H2. The molecule has 1 atom stereocenters. The number of hydrogen-bond acceptors (Lipinski definition) is 7. The van der Waals surface area contributed by atoms with Gasteiger partial charge in [0.05, 0.1) is 65.0 Å². The van der Waals surface area contributed by atoms with Gasteiger partial charge in [0, 0.05) is 19.3 Å². The van der Waals surface area contributed by atoms with Crippen LogP contribution in [0.25, 0.3) is 0 Å². The van der Waals surface area contributed by atoms with E-state index in [1.54, 1.807) is 0 Å². The van der Waals surface area contributed by atoms with Crippen molar-refractivity contribution in [2.24, 2.45) is 0 Å². The highest BCUT2D eigenvalue weighted by atomic mass is 19.5. The normalized spacial score (nSPS) is 17.7. The molecule has 0 N–H and O–H groups in total. The lowest BCUT2D eigenvalue weighted by Gasteiger charge is -2.39. The summed E-state index contributed by atoms with van der Waals surface area (Å²) < 4.78 is 567. The number of hydrogen-bond donors (Lipinski definition) is 0. The van der Waals surface area contributed by atoms with Crippen molar-refractivity contribution in [1.82, 2.24) is 0 Å². The van der Waals surface area contributed by atoms with Gasteiger partial charge in [0.25, 0.3) is 0 Å². The molecular formula is C54H59F39O7. The first-order valence-corrected chi connectivity index (χ1v) is 29.0. The van der Waals surface area contributed by atoms with Gasteiger partial charge < -0.3 is 28.4 Å². The summed E-state index contributed by atoms with van der Waals surface area (Å²) in [6, 6.07) is 1.81. The Morgan fingerprint density at radius 1 is 0.310 bits per heavy atom. The van der Waals surface area contributed by atoms with Crippen LogP contribution in [0.15, 0.2) is 12.1 Å². The lowest BCUT2D eigenvalue weighted by molar-refractivity contribution is -0.440. The van der Waals surface area contributed by atoms with E-state index < -0.39 is 247 Å². The second-order valence-corrected chi connectivity index (χ2v) is 22.5. The summed E-state index contributed by atoms with van der Waals surface area (Å²) in [6.07, 6.45) is -45.0. The molecule has 1 aromatic rings. The minimum absolute atomic E-state index is 0.0328. The molecule has 1 unspecified atom stereocenters. The molecule has 0 spiro atoms. The second kappa shape index (κ2) is 33.5. The summed E-state index contributed by atoms with van der Waals surface area (Å²) >= 11 is 0. The summed E-state index contributed by atoms with van der Waals surface area (Å²) in [5.74, 6) is -117. The molecule has 1 fully saturated rings. The molecule has 1 aliphatic heterocycles. The lowest BCUT2D eigenvalue weighted by Crippen LogP contribution is -2.70. The van der Waals surface area contributed by atoms with Crippen molar-refractivity contribution in [2.45, 2.75) is 229 Å². The van der Waals surface area contributed by atoms with Crippen molar-refractivity contribution in [3.05, 3.63) is 34.4 Å². The number of alkyl halides is 39. The van der Waals surface area contributed by atoms with Crippen LogP contribution >= 0.6 is 0 Å².